The molecule has 2 atom stereocenters. The van der Waals surface area contributed by atoms with Gasteiger partial charge in [0, 0.05) is 57.8 Å². The largest absolute Gasteiger partial charge is 0.353 e. The minimum atomic E-state index is -0.118. The Morgan fingerprint density at radius 3 is 2.45 bits per heavy atom. The van der Waals surface area contributed by atoms with Crippen molar-refractivity contribution in [2.45, 2.75) is 44.6 Å². The Hall–Kier alpha value is -1.42. The van der Waals surface area contributed by atoms with Crippen molar-refractivity contribution in [3.63, 3.8) is 0 Å². The summed E-state index contributed by atoms with van der Waals surface area (Å²) < 4.78 is 14.1. The maximum absolute atomic E-state index is 14.1. The number of piperidine rings is 1. The van der Waals surface area contributed by atoms with Gasteiger partial charge in [-0.1, -0.05) is 18.2 Å². The number of hydrogen-bond donors (Lipinski definition) is 1. The molecule has 1 aromatic rings. The van der Waals surface area contributed by atoms with Crippen molar-refractivity contribution in [2.75, 3.05) is 52.4 Å². The number of piperazine rings is 1. The summed E-state index contributed by atoms with van der Waals surface area (Å²) in [7, 11) is 0. The first kappa shape index (κ1) is 24.2. The topological polar surface area (TPSA) is 51.2 Å². The second-order valence-electron chi connectivity index (χ2n) is 8.62. The highest BCUT2D eigenvalue weighted by molar-refractivity contribution is 14.0. The van der Waals surface area contributed by atoms with Crippen LogP contribution in [0.5, 0.6) is 0 Å². The molecule has 0 spiro atoms. The Morgan fingerprint density at radius 1 is 1.06 bits per heavy atom. The average Bonchev–Trinajstić information content (AvgIpc) is 3.54. The van der Waals surface area contributed by atoms with Crippen LogP contribution < -0.4 is 5.32 Å². The fraction of sp³-hybridized carbons (Fsp3) is 0.652. The van der Waals surface area contributed by atoms with Gasteiger partial charge in [-0.3, -0.25) is 14.7 Å². The summed E-state index contributed by atoms with van der Waals surface area (Å²) in [5.74, 6) is 1.29. The monoisotopic (exact) mass is 543 g/mol. The zero-order chi connectivity index (χ0) is 20.9. The standard InChI is InChI=1S/C23H34FN5O.HI/c1-2-25-23(26-21-16-19(21)18-8-4-5-9-20(18)24)29-14-12-27(13-15-29)17-22(30)28-10-6-3-7-11-28;/h4-5,8-9,19,21H,2-3,6-7,10-17H2,1H3,(H,25,26);1H. The summed E-state index contributed by atoms with van der Waals surface area (Å²) in [6.07, 6.45) is 4.45. The third kappa shape index (κ3) is 6.31. The molecule has 8 heteroatoms. The van der Waals surface area contributed by atoms with Crippen LogP contribution in [-0.4, -0.2) is 85.0 Å². The molecule has 4 rings (SSSR count). The van der Waals surface area contributed by atoms with Gasteiger partial charge < -0.3 is 15.1 Å². The number of carbonyl (C=O) groups is 1. The number of likely N-dealkylation sites (tertiary alicyclic amines) is 1. The second-order valence-corrected chi connectivity index (χ2v) is 8.62. The molecule has 2 saturated heterocycles. The summed E-state index contributed by atoms with van der Waals surface area (Å²) in [4.78, 5) is 23.8. The minimum absolute atomic E-state index is 0. The van der Waals surface area contributed by atoms with E-state index in [9.17, 15) is 9.18 Å². The number of amides is 1. The van der Waals surface area contributed by atoms with Gasteiger partial charge in [-0.25, -0.2) is 4.39 Å². The number of rotatable bonds is 5. The lowest BCUT2D eigenvalue weighted by atomic mass is 10.1. The number of guanidine groups is 1. The van der Waals surface area contributed by atoms with Gasteiger partial charge in [-0.2, -0.15) is 0 Å². The molecule has 2 unspecified atom stereocenters. The van der Waals surface area contributed by atoms with Crippen molar-refractivity contribution in [1.29, 1.82) is 0 Å². The normalized spacial score (nSPS) is 24.5. The Kier molecular flexibility index (Phi) is 8.95. The smallest absolute Gasteiger partial charge is 0.236 e. The van der Waals surface area contributed by atoms with Crippen LogP contribution in [0.4, 0.5) is 4.39 Å². The Balaban J connectivity index is 0.00000272. The van der Waals surface area contributed by atoms with E-state index in [0.29, 0.717) is 13.1 Å². The van der Waals surface area contributed by atoms with E-state index >= 15 is 0 Å². The number of aliphatic imine (C=N–C) groups is 1. The molecule has 0 radical (unpaired) electrons. The molecule has 31 heavy (non-hydrogen) atoms. The van der Waals surface area contributed by atoms with E-state index in [2.05, 4.69) is 20.1 Å². The number of carbonyl (C=O) groups excluding carboxylic acids is 1. The number of halogens is 2. The molecular weight excluding hydrogens is 508 g/mol. The van der Waals surface area contributed by atoms with E-state index in [-0.39, 0.29) is 47.7 Å². The summed E-state index contributed by atoms with van der Waals surface area (Å²) in [5.41, 5.74) is 0.798. The Morgan fingerprint density at radius 2 is 1.77 bits per heavy atom. The van der Waals surface area contributed by atoms with Gasteiger partial charge >= 0.3 is 0 Å². The Labute approximate surface area is 202 Å². The molecular formula is C23H35FIN5O. The highest BCUT2D eigenvalue weighted by Crippen LogP contribution is 2.41. The second kappa shape index (κ2) is 11.4. The van der Waals surface area contributed by atoms with E-state index in [0.717, 1.165) is 70.1 Å². The molecule has 1 aromatic carbocycles. The molecule has 0 aromatic heterocycles. The van der Waals surface area contributed by atoms with Gasteiger partial charge in [-0.15, -0.1) is 24.0 Å². The van der Waals surface area contributed by atoms with Crippen molar-refractivity contribution < 1.29 is 9.18 Å². The van der Waals surface area contributed by atoms with Crippen LogP contribution in [-0.2, 0) is 4.79 Å². The molecule has 3 fully saturated rings. The first-order chi connectivity index (χ1) is 14.7. The van der Waals surface area contributed by atoms with Gasteiger partial charge in [-0.05, 0) is 44.2 Å². The van der Waals surface area contributed by atoms with E-state index in [4.69, 9.17) is 0 Å². The van der Waals surface area contributed by atoms with Crippen molar-refractivity contribution in [3.05, 3.63) is 35.6 Å². The lowest BCUT2D eigenvalue weighted by Crippen LogP contribution is -2.55. The summed E-state index contributed by atoms with van der Waals surface area (Å²) in [6, 6.07) is 7.31. The summed E-state index contributed by atoms with van der Waals surface area (Å²) >= 11 is 0. The number of hydrogen-bond acceptors (Lipinski definition) is 3. The first-order valence-electron chi connectivity index (χ1n) is 11.5. The molecule has 2 heterocycles. The van der Waals surface area contributed by atoms with E-state index in [1.54, 1.807) is 6.07 Å². The average molecular weight is 543 g/mol. The maximum atomic E-state index is 14.1. The fourth-order valence-electron chi connectivity index (χ4n) is 4.58. The quantitative estimate of drug-likeness (QED) is 0.353. The van der Waals surface area contributed by atoms with Crippen LogP contribution >= 0.6 is 24.0 Å². The Bertz CT molecular complexity index is 762. The van der Waals surface area contributed by atoms with Crippen molar-refractivity contribution >= 4 is 35.8 Å². The lowest BCUT2D eigenvalue weighted by molar-refractivity contribution is -0.133. The summed E-state index contributed by atoms with van der Waals surface area (Å²) in [5, 5.41) is 3.56. The van der Waals surface area contributed by atoms with Crippen molar-refractivity contribution in [1.82, 2.24) is 20.0 Å². The zero-order valence-corrected chi connectivity index (χ0v) is 20.8. The van der Waals surface area contributed by atoms with Crippen LogP contribution in [0.25, 0.3) is 0 Å². The van der Waals surface area contributed by atoms with Crippen LogP contribution in [0.3, 0.4) is 0 Å². The number of nitrogens with one attached hydrogen (secondary N) is 1. The highest BCUT2D eigenvalue weighted by atomic mass is 127. The third-order valence-electron chi connectivity index (χ3n) is 6.46. The van der Waals surface area contributed by atoms with Crippen molar-refractivity contribution in [2.24, 2.45) is 4.99 Å². The molecule has 1 saturated carbocycles. The van der Waals surface area contributed by atoms with Crippen LogP contribution in [0.1, 0.15) is 44.1 Å². The van der Waals surface area contributed by atoms with Crippen LogP contribution in [0, 0.1) is 5.82 Å². The SMILES string of the molecule is CCN=C(NC1CC1c1ccccc1F)N1CCN(CC(=O)N2CCCCC2)CC1.I. The number of nitrogens with zero attached hydrogens (tertiary/aromatic N) is 4. The molecule has 1 N–H and O–H groups in total. The lowest BCUT2D eigenvalue weighted by Gasteiger charge is -2.37. The minimum Gasteiger partial charge on any atom is -0.353 e. The molecule has 1 aliphatic carbocycles. The van der Waals surface area contributed by atoms with Gasteiger partial charge in [0.25, 0.3) is 0 Å². The number of benzene rings is 1. The maximum Gasteiger partial charge on any atom is 0.236 e. The van der Waals surface area contributed by atoms with Gasteiger partial charge in [0.05, 0.1) is 6.54 Å². The van der Waals surface area contributed by atoms with Crippen LogP contribution in [0.15, 0.2) is 29.3 Å². The third-order valence-corrected chi connectivity index (χ3v) is 6.46. The van der Waals surface area contributed by atoms with Gasteiger partial charge in [0.2, 0.25) is 5.91 Å². The predicted octanol–water partition coefficient (Wildman–Crippen LogP) is 2.90. The molecule has 172 valence electrons. The molecule has 0 bridgehead atoms. The molecule has 1 amide bonds. The zero-order valence-electron chi connectivity index (χ0n) is 18.4. The van der Waals surface area contributed by atoms with E-state index < -0.39 is 0 Å². The molecule has 3 aliphatic rings. The van der Waals surface area contributed by atoms with E-state index in [1.165, 1.54) is 12.5 Å². The van der Waals surface area contributed by atoms with E-state index in [1.807, 2.05) is 24.0 Å². The molecule has 6 nitrogen and oxygen atoms in total. The fourth-order valence-corrected chi connectivity index (χ4v) is 4.58. The molecule has 2 aliphatic heterocycles. The predicted molar refractivity (Wildman–Crippen MR) is 133 cm³/mol. The summed E-state index contributed by atoms with van der Waals surface area (Å²) in [6.45, 7) is 8.56. The van der Waals surface area contributed by atoms with Gasteiger partial charge in [0.15, 0.2) is 5.96 Å². The van der Waals surface area contributed by atoms with Crippen molar-refractivity contribution in [3.8, 4) is 0 Å². The van der Waals surface area contributed by atoms with Gasteiger partial charge in [0.1, 0.15) is 5.82 Å². The highest BCUT2D eigenvalue weighted by Gasteiger charge is 2.41. The van der Waals surface area contributed by atoms with Crippen LogP contribution in [0.2, 0.25) is 0 Å². The first-order valence-corrected chi connectivity index (χ1v) is 11.5.